The lowest BCUT2D eigenvalue weighted by atomic mass is 10.1. The first-order valence-electron chi connectivity index (χ1n) is 7.67. The summed E-state index contributed by atoms with van der Waals surface area (Å²) in [6.07, 6.45) is 3.32. The Balaban J connectivity index is 1.72. The van der Waals surface area contributed by atoms with Gasteiger partial charge in [0.15, 0.2) is 11.5 Å². The van der Waals surface area contributed by atoms with E-state index in [-0.39, 0.29) is 5.89 Å². The second-order valence-electron chi connectivity index (χ2n) is 5.66. The van der Waals surface area contributed by atoms with Gasteiger partial charge in [0.1, 0.15) is 0 Å². The number of pyridine rings is 1. The summed E-state index contributed by atoms with van der Waals surface area (Å²) in [6.45, 7) is 4.08. The fourth-order valence-electron chi connectivity index (χ4n) is 2.43. The number of nitrogens with two attached hydrogens (primary N) is 1. The summed E-state index contributed by atoms with van der Waals surface area (Å²) in [5.41, 5.74) is 10.5. The Labute approximate surface area is 143 Å². The zero-order chi connectivity index (χ0) is 17.4. The molecule has 1 aromatic carbocycles. The van der Waals surface area contributed by atoms with E-state index in [1.807, 2.05) is 32.0 Å². The number of anilines is 1. The minimum Gasteiger partial charge on any atom is -0.382 e. The first-order valence-corrected chi connectivity index (χ1v) is 7.67. The molecule has 0 aliphatic carbocycles. The van der Waals surface area contributed by atoms with Gasteiger partial charge in [-0.1, -0.05) is 16.4 Å². The topological polar surface area (TPSA) is 109 Å². The smallest absolute Gasteiger partial charge is 0.282 e. The number of aryl methyl sites for hydroxylation is 2. The van der Waals surface area contributed by atoms with Crippen LogP contribution in [0.4, 0.5) is 5.82 Å². The van der Waals surface area contributed by atoms with Crippen molar-refractivity contribution in [2.75, 3.05) is 5.73 Å². The molecule has 0 spiro atoms. The van der Waals surface area contributed by atoms with Crippen molar-refractivity contribution in [2.24, 2.45) is 0 Å². The van der Waals surface area contributed by atoms with Crippen molar-refractivity contribution in [3.63, 3.8) is 0 Å². The van der Waals surface area contributed by atoms with Crippen LogP contribution < -0.4 is 5.73 Å². The molecule has 0 bridgehead atoms. The molecule has 0 aliphatic rings. The average molecular weight is 333 g/mol. The van der Waals surface area contributed by atoms with Crippen LogP contribution in [0.5, 0.6) is 0 Å². The van der Waals surface area contributed by atoms with Gasteiger partial charge in [0.05, 0.1) is 5.69 Å². The molecule has 3 heterocycles. The van der Waals surface area contributed by atoms with Crippen LogP contribution in [0.1, 0.15) is 11.1 Å². The maximum Gasteiger partial charge on any atom is 0.282 e. The molecule has 0 saturated heterocycles. The maximum atomic E-state index is 6.20. The van der Waals surface area contributed by atoms with Crippen LogP contribution in [-0.4, -0.2) is 30.1 Å². The van der Waals surface area contributed by atoms with Crippen molar-refractivity contribution in [1.82, 2.24) is 30.1 Å². The quantitative estimate of drug-likeness (QED) is 0.613. The van der Waals surface area contributed by atoms with Gasteiger partial charge in [-0.15, -0.1) is 5.10 Å². The van der Waals surface area contributed by atoms with Gasteiger partial charge in [0.25, 0.3) is 5.89 Å². The number of rotatable bonds is 3. The third kappa shape index (κ3) is 2.63. The Bertz CT molecular complexity index is 1040. The second-order valence-corrected chi connectivity index (χ2v) is 5.66. The standard InChI is InChI=1S/C17H15N7O/c1-10-3-4-13(9-11(10)2)24-15(18)14(21-23-24)17-20-16(22-25-17)12-5-7-19-8-6-12/h3-9H,18H2,1-2H3. The van der Waals surface area contributed by atoms with E-state index in [0.29, 0.717) is 17.3 Å². The molecule has 0 atom stereocenters. The van der Waals surface area contributed by atoms with Gasteiger partial charge >= 0.3 is 0 Å². The molecule has 0 unspecified atom stereocenters. The van der Waals surface area contributed by atoms with E-state index in [1.165, 1.54) is 5.56 Å². The number of nitrogens with zero attached hydrogens (tertiary/aromatic N) is 6. The Morgan fingerprint density at radius 2 is 1.84 bits per heavy atom. The lowest BCUT2D eigenvalue weighted by molar-refractivity contribution is 0.431. The lowest BCUT2D eigenvalue weighted by Crippen LogP contribution is -2.03. The van der Waals surface area contributed by atoms with Crippen molar-refractivity contribution < 1.29 is 4.52 Å². The molecule has 0 radical (unpaired) electrons. The van der Waals surface area contributed by atoms with E-state index in [9.17, 15) is 0 Å². The van der Waals surface area contributed by atoms with Crippen molar-refractivity contribution in [2.45, 2.75) is 13.8 Å². The first-order chi connectivity index (χ1) is 12.1. The summed E-state index contributed by atoms with van der Waals surface area (Å²) < 4.78 is 6.85. The highest BCUT2D eigenvalue weighted by Crippen LogP contribution is 2.26. The van der Waals surface area contributed by atoms with Gasteiger partial charge in [-0.05, 0) is 49.2 Å². The largest absolute Gasteiger partial charge is 0.382 e. The minimum absolute atomic E-state index is 0.222. The molecule has 4 aromatic rings. The van der Waals surface area contributed by atoms with Crippen molar-refractivity contribution in [1.29, 1.82) is 0 Å². The number of hydrogen-bond donors (Lipinski definition) is 1. The molecule has 0 amide bonds. The summed E-state index contributed by atoms with van der Waals surface area (Å²) >= 11 is 0. The average Bonchev–Trinajstić information content (AvgIpc) is 3.25. The first kappa shape index (κ1) is 15.0. The summed E-state index contributed by atoms with van der Waals surface area (Å²) in [7, 11) is 0. The van der Waals surface area contributed by atoms with Crippen molar-refractivity contribution >= 4 is 5.82 Å². The van der Waals surface area contributed by atoms with E-state index in [4.69, 9.17) is 10.3 Å². The minimum atomic E-state index is 0.222. The molecule has 3 aromatic heterocycles. The van der Waals surface area contributed by atoms with Gasteiger partial charge in [0, 0.05) is 18.0 Å². The van der Waals surface area contributed by atoms with E-state index >= 15 is 0 Å². The van der Waals surface area contributed by atoms with Crippen LogP contribution in [0.15, 0.2) is 47.2 Å². The van der Waals surface area contributed by atoms with Crippen molar-refractivity contribution in [3.05, 3.63) is 53.9 Å². The van der Waals surface area contributed by atoms with Gasteiger partial charge in [-0.3, -0.25) is 4.98 Å². The van der Waals surface area contributed by atoms with E-state index < -0.39 is 0 Å². The van der Waals surface area contributed by atoms with Crippen LogP contribution in [0.3, 0.4) is 0 Å². The fourth-order valence-corrected chi connectivity index (χ4v) is 2.43. The summed E-state index contributed by atoms with van der Waals surface area (Å²) in [5, 5.41) is 12.2. The zero-order valence-corrected chi connectivity index (χ0v) is 13.7. The normalized spacial score (nSPS) is 11.0. The van der Waals surface area contributed by atoms with E-state index in [1.54, 1.807) is 29.2 Å². The maximum absolute atomic E-state index is 6.20. The number of aromatic nitrogens is 6. The molecule has 8 heteroatoms. The van der Waals surface area contributed by atoms with E-state index in [0.717, 1.165) is 16.8 Å². The van der Waals surface area contributed by atoms with Gasteiger partial charge in [0.2, 0.25) is 5.82 Å². The van der Waals surface area contributed by atoms with Crippen LogP contribution in [0, 0.1) is 13.8 Å². The molecular formula is C17H15N7O. The Hall–Kier alpha value is -3.55. The highest BCUT2D eigenvalue weighted by Gasteiger charge is 2.19. The highest BCUT2D eigenvalue weighted by atomic mass is 16.5. The molecule has 2 N–H and O–H groups in total. The predicted molar refractivity (Wildman–Crippen MR) is 91.8 cm³/mol. The Morgan fingerprint density at radius 1 is 1.04 bits per heavy atom. The lowest BCUT2D eigenvalue weighted by Gasteiger charge is -2.06. The van der Waals surface area contributed by atoms with Crippen LogP contribution in [0.2, 0.25) is 0 Å². The number of hydrogen-bond acceptors (Lipinski definition) is 7. The van der Waals surface area contributed by atoms with Crippen LogP contribution in [0.25, 0.3) is 28.7 Å². The highest BCUT2D eigenvalue weighted by molar-refractivity contribution is 5.66. The van der Waals surface area contributed by atoms with E-state index in [2.05, 4.69) is 25.4 Å². The molecule has 124 valence electrons. The van der Waals surface area contributed by atoms with Gasteiger partial charge in [-0.2, -0.15) is 9.67 Å². The zero-order valence-electron chi connectivity index (χ0n) is 13.7. The monoisotopic (exact) mass is 333 g/mol. The SMILES string of the molecule is Cc1ccc(-n2nnc(-c3nc(-c4ccncc4)no3)c2N)cc1C. The molecule has 25 heavy (non-hydrogen) atoms. The summed E-state index contributed by atoms with van der Waals surface area (Å²) in [5.74, 6) is 1.00. The molecule has 0 aliphatic heterocycles. The predicted octanol–water partition coefficient (Wildman–Crippen LogP) is 2.58. The molecular weight excluding hydrogens is 318 g/mol. The summed E-state index contributed by atoms with van der Waals surface area (Å²) in [4.78, 5) is 8.32. The van der Waals surface area contributed by atoms with Crippen LogP contribution >= 0.6 is 0 Å². The third-order valence-corrected chi connectivity index (χ3v) is 4.01. The fraction of sp³-hybridized carbons (Fsp3) is 0.118. The number of nitrogen functional groups attached to an aromatic ring is 1. The van der Waals surface area contributed by atoms with Gasteiger partial charge in [-0.25, -0.2) is 0 Å². The summed E-state index contributed by atoms with van der Waals surface area (Å²) in [6, 6.07) is 9.54. The second kappa shape index (κ2) is 5.82. The van der Waals surface area contributed by atoms with Crippen molar-refractivity contribution in [3.8, 4) is 28.7 Å². The van der Waals surface area contributed by atoms with Gasteiger partial charge < -0.3 is 10.3 Å². The Kier molecular flexibility index (Phi) is 3.50. The third-order valence-electron chi connectivity index (χ3n) is 4.01. The molecule has 0 fully saturated rings. The molecule has 8 nitrogen and oxygen atoms in total. The Morgan fingerprint density at radius 3 is 2.60 bits per heavy atom. The molecule has 4 rings (SSSR count). The van der Waals surface area contributed by atoms with Crippen LogP contribution in [-0.2, 0) is 0 Å². The number of benzene rings is 1. The molecule has 0 saturated carbocycles.